The van der Waals surface area contributed by atoms with Crippen LogP contribution in [0.15, 0.2) is 10.9 Å². The lowest BCUT2D eigenvalue weighted by atomic mass is 9.90. The molecule has 19 heavy (non-hydrogen) atoms. The minimum Gasteiger partial charge on any atom is -0.481 e. The summed E-state index contributed by atoms with van der Waals surface area (Å²) < 4.78 is 0. The highest BCUT2D eigenvalue weighted by molar-refractivity contribution is 7.07. The van der Waals surface area contributed by atoms with Gasteiger partial charge >= 0.3 is 12.0 Å². The number of aromatic nitrogens is 1. The number of aliphatic carboxylic acids is 1. The summed E-state index contributed by atoms with van der Waals surface area (Å²) in [4.78, 5) is 30.7. The van der Waals surface area contributed by atoms with E-state index in [4.69, 9.17) is 5.11 Å². The summed E-state index contributed by atoms with van der Waals surface area (Å²) in [6, 6.07) is -0.141. The molecule has 1 N–H and O–H groups in total. The van der Waals surface area contributed by atoms with Gasteiger partial charge in [-0.05, 0) is 13.3 Å². The van der Waals surface area contributed by atoms with Gasteiger partial charge in [-0.25, -0.2) is 9.78 Å². The van der Waals surface area contributed by atoms with E-state index in [1.54, 1.807) is 29.3 Å². The molecule has 0 bridgehead atoms. The Bertz CT molecular complexity index is 477. The van der Waals surface area contributed by atoms with Gasteiger partial charge in [-0.1, -0.05) is 0 Å². The number of carboxylic acid groups (broad SMARTS) is 1. The maximum Gasteiger partial charge on any atom is 0.320 e. The maximum atomic E-state index is 12.2. The van der Waals surface area contributed by atoms with E-state index in [2.05, 4.69) is 4.98 Å². The van der Waals surface area contributed by atoms with Crippen LogP contribution in [0.2, 0.25) is 0 Å². The van der Waals surface area contributed by atoms with Gasteiger partial charge in [0.15, 0.2) is 0 Å². The molecule has 1 fully saturated rings. The molecular weight excluding hydrogens is 266 g/mol. The number of hydrogen-bond acceptors (Lipinski definition) is 4. The summed E-state index contributed by atoms with van der Waals surface area (Å²) in [6.45, 7) is 2.89. The molecule has 0 radical (unpaired) electrons. The van der Waals surface area contributed by atoms with Gasteiger partial charge in [0.05, 0.1) is 23.2 Å². The SMILES string of the molecule is CN(Cc1cscn1)C(=O)N1CCC(C)(C(=O)O)C1. The second kappa shape index (κ2) is 5.16. The summed E-state index contributed by atoms with van der Waals surface area (Å²) in [5.41, 5.74) is 1.75. The first-order chi connectivity index (χ1) is 8.92. The second-order valence-corrected chi connectivity index (χ2v) is 5.87. The van der Waals surface area contributed by atoms with E-state index in [-0.39, 0.29) is 12.6 Å². The molecule has 1 aromatic rings. The topological polar surface area (TPSA) is 73.7 Å². The van der Waals surface area contributed by atoms with Crippen molar-refractivity contribution in [2.75, 3.05) is 20.1 Å². The molecule has 6 nitrogen and oxygen atoms in total. The lowest BCUT2D eigenvalue weighted by molar-refractivity contribution is -0.147. The molecule has 0 aliphatic carbocycles. The van der Waals surface area contributed by atoms with Crippen LogP contribution in [0.25, 0.3) is 0 Å². The van der Waals surface area contributed by atoms with Crippen molar-refractivity contribution < 1.29 is 14.7 Å². The Morgan fingerprint density at radius 2 is 2.37 bits per heavy atom. The van der Waals surface area contributed by atoms with E-state index in [0.29, 0.717) is 19.5 Å². The third kappa shape index (κ3) is 2.86. The monoisotopic (exact) mass is 283 g/mol. The Kier molecular flexibility index (Phi) is 3.75. The summed E-state index contributed by atoms with van der Waals surface area (Å²) in [5, 5.41) is 11.1. The summed E-state index contributed by atoms with van der Waals surface area (Å²) in [6.07, 6.45) is 0.499. The highest BCUT2D eigenvalue weighted by Crippen LogP contribution is 2.30. The zero-order valence-electron chi connectivity index (χ0n) is 11.0. The predicted octanol–water partition coefficient (Wildman–Crippen LogP) is 1.49. The number of likely N-dealkylation sites (tertiary alicyclic amines) is 1. The quantitative estimate of drug-likeness (QED) is 0.912. The van der Waals surface area contributed by atoms with Gasteiger partial charge in [0.2, 0.25) is 0 Å². The molecule has 1 aromatic heterocycles. The van der Waals surface area contributed by atoms with Crippen LogP contribution < -0.4 is 0 Å². The molecule has 7 heteroatoms. The van der Waals surface area contributed by atoms with Crippen LogP contribution in [-0.2, 0) is 11.3 Å². The van der Waals surface area contributed by atoms with Gasteiger partial charge in [-0.15, -0.1) is 11.3 Å². The Morgan fingerprint density at radius 3 is 2.89 bits per heavy atom. The molecule has 1 atom stereocenters. The van der Waals surface area contributed by atoms with Crippen LogP contribution in [0.4, 0.5) is 4.79 Å². The highest BCUT2D eigenvalue weighted by atomic mass is 32.1. The van der Waals surface area contributed by atoms with Crippen LogP contribution in [0.1, 0.15) is 19.0 Å². The molecule has 0 saturated carbocycles. The van der Waals surface area contributed by atoms with Crippen LogP contribution in [0.5, 0.6) is 0 Å². The lowest BCUT2D eigenvalue weighted by Crippen LogP contribution is -2.41. The second-order valence-electron chi connectivity index (χ2n) is 5.16. The van der Waals surface area contributed by atoms with Gasteiger partial charge in [0.25, 0.3) is 0 Å². The largest absolute Gasteiger partial charge is 0.481 e. The normalized spacial score (nSPS) is 22.5. The predicted molar refractivity (Wildman–Crippen MR) is 70.9 cm³/mol. The first kappa shape index (κ1) is 13.8. The summed E-state index contributed by atoms with van der Waals surface area (Å²) in [7, 11) is 1.71. The van der Waals surface area contributed by atoms with Crippen LogP contribution in [0, 0.1) is 5.41 Å². The minimum atomic E-state index is -0.843. The van der Waals surface area contributed by atoms with E-state index in [9.17, 15) is 9.59 Å². The smallest absolute Gasteiger partial charge is 0.320 e. The van der Waals surface area contributed by atoms with E-state index < -0.39 is 11.4 Å². The number of amides is 2. The average molecular weight is 283 g/mol. The molecule has 2 rings (SSSR count). The Balaban J connectivity index is 1.96. The molecule has 0 aromatic carbocycles. The number of carbonyl (C=O) groups is 2. The van der Waals surface area contributed by atoms with Crippen molar-refractivity contribution in [3.8, 4) is 0 Å². The maximum absolute atomic E-state index is 12.2. The zero-order valence-corrected chi connectivity index (χ0v) is 11.8. The van der Waals surface area contributed by atoms with Crippen LogP contribution >= 0.6 is 11.3 Å². The van der Waals surface area contributed by atoms with Crippen molar-refractivity contribution in [1.29, 1.82) is 0 Å². The third-order valence-electron chi connectivity index (χ3n) is 3.47. The summed E-state index contributed by atoms with van der Waals surface area (Å²) >= 11 is 1.49. The van der Waals surface area contributed by atoms with Gasteiger partial charge < -0.3 is 14.9 Å². The van der Waals surface area contributed by atoms with Gasteiger partial charge in [0.1, 0.15) is 0 Å². The number of carboxylic acids is 1. The summed E-state index contributed by atoms with van der Waals surface area (Å²) in [5.74, 6) is -0.843. The third-order valence-corrected chi connectivity index (χ3v) is 4.10. The number of hydrogen-bond donors (Lipinski definition) is 1. The Morgan fingerprint density at radius 1 is 1.63 bits per heavy atom. The number of carbonyl (C=O) groups excluding carboxylic acids is 1. The molecule has 1 aliphatic rings. The molecule has 1 unspecified atom stereocenters. The van der Waals surface area contributed by atoms with Crippen molar-refractivity contribution in [1.82, 2.24) is 14.8 Å². The van der Waals surface area contributed by atoms with Crippen molar-refractivity contribution in [3.05, 3.63) is 16.6 Å². The first-order valence-electron chi connectivity index (χ1n) is 6.03. The number of urea groups is 1. The number of rotatable bonds is 3. The molecule has 2 heterocycles. The molecule has 1 aliphatic heterocycles. The molecule has 2 amide bonds. The van der Waals surface area contributed by atoms with Crippen molar-refractivity contribution in [2.45, 2.75) is 19.9 Å². The first-order valence-corrected chi connectivity index (χ1v) is 6.97. The minimum absolute atomic E-state index is 0.141. The van der Waals surface area contributed by atoms with Crippen LogP contribution in [-0.4, -0.2) is 52.0 Å². The Hall–Kier alpha value is -1.63. The standard InChI is InChI=1S/C12H17N3O3S/c1-12(10(16)17)3-4-15(7-12)11(18)14(2)5-9-6-19-8-13-9/h6,8H,3-5,7H2,1-2H3,(H,16,17). The van der Waals surface area contributed by atoms with E-state index in [0.717, 1.165) is 5.69 Å². The highest BCUT2D eigenvalue weighted by Gasteiger charge is 2.42. The molecule has 1 saturated heterocycles. The van der Waals surface area contributed by atoms with Crippen molar-refractivity contribution in [2.24, 2.45) is 5.41 Å². The number of thiazole rings is 1. The molecule has 104 valence electrons. The van der Waals surface area contributed by atoms with E-state index >= 15 is 0 Å². The molecule has 0 spiro atoms. The van der Waals surface area contributed by atoms with Gasteiger partial charge in [0, 0.05) is 25.5 Å². The van der Waals surface area contributed by atoms with E-state index in [1.807, 2.05) is 5.38 Å². The van der Waals surface area contributed by atoms with Gasteiger partial charge in [-0.3, -0.25) is 4.79 Å². The lowest BCUT2D eigenvalue weighted by Gasteiger charge is -2.25. The fraction of sp³-hybridized carbons (Fsp3) is 0.583. The van der Waals surface area contributed by atoms with Crippen LogP contribution in [0.3, 0.4) is 0 Å². The fourth-order valence-electron chi connectivity index (χ4n) is 2.17. The van der Waals surface area contributed by atoms with Gasteiger partial charge in [-0.2, -0.15) is 0 Å². The molecular formula is C12H17N3O3S. The van der Waals surface area contributed by atoms with Crippen molar-refractivity contribution >= 4 is 23.3 Å². The van der Waals surface area contributed by atoms with Crippen molar-refractivity contribution in [3.63, 3.8) is 0 Å². The van der Waals surface area contributed by atoms with E-state index in [1.165, 1.54) is 11.3 Å². The zero-order chi connectivity index (χ0) is 14.0. The Labute approximate surface area is 115 Å². The fourth-order valence-corrected chi connectivity index (χ4v) is 2.72. The average Bonchev–Trinajstić information content (AvgIpc) is 2.98. The number of nitrogens with zero attached hydrogens (tertiary/aromatic N) is 3.